The van der Waals surface area contributed by atoms with E-state index in [2.05, 4.69) is 6.08 Å². The van der Waals surface area contributed by atoms with Crippen LogP contribution in [-0.2, 0) is 9.59 Å². The highest BCUT2D eigenvalue weighted by atomic mass is 16.4. The molecule has 0 aromatic rings. The zero-order valence-corrected chi connectivity index (χ0v) is 12.9. The Bertz CT molecular complexity index is 416. The molecule has 1 saturated carbocycles. The van der Waals surface area contributed by atoms with Gasteiger partial charge < -0.3 is 10.0 Å². The summed E-state index contributed by atoms with van der Waals surface area (Å²) >= 11 is 0. The number of nitrogens with zero attached hydrogens (tertiary/aromatic N) is 2. The maximum absolute atomic E-state index is 12.6. The lowest BCUT2D eigenvalue weighted by atomic mass is 10.0. The molecular weight excluding hydrogens is 268 g/mol. The van der Waals surface area contributed by atoms with E-state index >= 15 is 0 Å². The molecule has 0 aromatic carbocycles. The lowest BCUT2D eigenvalue weighted by Gasteiger charge is -2.29. The van der Waals surface area contributed by atoms with Crippen LogP contribution in [0.5, 0.6) is 0 Å². The second-order valence-electron chi connectivity index (χ2n) is 6.17. The number of allylic oxidation sites excluding steroid dienone is 2. The van der Waals surface area contributed by atoms with E-state index in [-0.39, 0.29) is 12.3 Å². The predicted octanol–water partition coefficient (Wildman–Crippen LogP) is 2.23. The molecule has 2 rings (SSSR count). The molecule has 0 radical (unpaired) electrons. The first-order chi connectivity index (χ1) is 10.1. The van der Waals surface area contributed by atoms with Gasteiger partial charge >= 0.3 is 5.97 Å². The lowest BCUT2D eigenvalue weighted by Crippen LogP contribution is -2.40. The molecule has 2 aliphatic carbocycles. The van der Waals surface area contributed by atoms with Crippen LogP contribution in [0.1, 0.15) is 51.4 Å². The van der Waals surface area contributed by atoms with E-state index in [1.165, 1.54) is 18.5 Å². The van der Waals surface area contributed by atoms with Gasteiger partial charge in [0.2, 0.25) is 5.91 Å². The maximum Gasteiger partial charge on any atom is 0.303 e. The number of aliphatic carboxylic acids is 1. The van der Waals surface area contributed by atoms with Crippen molar-refractivity contribution in [2.75, 3.05) is 20.1 Å². The molecule has 0 heterocycles. The highest BCUT2D eigenvalue weighted by Gasteiger charge is 2.35. The standard InChI is InChI=1S/C16H26N2O3/c1-17(11-5-8-16(20)21)12-15(19)18(14-9-10-14)13-6-3-2-4-7-13/h6,14H,2-5,7-12H2,1H3,(H,20,21). The van der Waals surface area contributed by atoms with Gasteiger partial charge in [0, 0.05) is 18.2 Å². The summed E-state index contributed by atoms with van der Waals surface area (Å²) in [6.45, 7) is 1.03. The van der Waals surface area contributed by atoms with Gasteiger partial charge in [-0.15, -0.1) is 0 Å². The Morgan fingerprint density at radius 3 is 2.67 bits per heavy atom. The number of amides is 1. The molecule has 0 bridgehead atoms. The fourth-order valence-corrected chi connectivity index (χ4v) is 2.86. The largest absolute Gasteiger partial charge is 0.481 e. The first kappa shape index (κ1) is 16.0. The molecule has 2 aliphatic rings. The molecule has 1 amide bonds. The number of rotatable bonds is 8. The Labute approximate surface area is 126 Å². The highest BCUT2D eigenvalue weighted by Crippen LogP contribution is 2.33. The summed E-state index contributed by atoms with van der Waals surface area (Å²) in [5.74, 6) is -0.606. The van der Waals surface area contributed by atoms with Crippen LogP contribution in [0.3, 0.4) is 0 Å². The van der Waals surface area contributed by atoms with Crippen molar-refractivity contribution in [2.24, 2.45) is 0 Å². The van der Waals surface area contributed by atoms with Crippen LogP contribution < -0.4 is 0 Å². The van der Waals surface area contributed by atoms with Gasteiger partial charge in [-0.3, -0.25) is 14.5 Å². The summed E-state index contributed by atoms with van der Waals surface area (Å²) in [5.41, 5.74) is 1.22. The van der Waals surface area contributed by atoms with Gasteiger partial charge in [0.1, 0.15) is 0 Å². The van der Waals surface area contributed by atoms with Crippen molar-refractivity contribution in [1.29, 1.82) is 0 Å². The Morgan fingerprint density at radius 2 is 2.10 bits per heavy atom. The van der Waals surface area contributed by atoms with Gasteiger partial charge in [0.25, 0.3) is 0 Å². The number of hydrogen-bond acceptors (Lipinski definition) is 3. The molecular formula is C16H26N2O3. The van der Waals surface area contributed by atoms with Crippen molar-refractivity contribution in [3.8, 4) is 0 Å². The van der Waals surface area contributed by atoms with E-state index in [0.717, 1.165) is 25.7 Å². The average molecular weight is 294 g/mol. The summed E-state index contributed by atoms with van der Waals surface area (Å²) in [5, 5.41) is 8.65. The predicted molar refractivity (Wildman–Crippen MR) is 80.8 cm³/mol. The molecule has 1 N–H and O–H groups in total. The van der Waals surface area contributed by atoms with E-state index in [9.17, 15) is 9.59 Å². The maximum atomic E-state index is 12.6. The van der Waals surface area contributed by atoms with Crippen molar-refractivity contribution in [1.82, 2.24) is 9.80 Å². The normalized spacial score (nSPS) is 18.5. The summed E-state index contributed by atoms with van der Waals surface area (Å²) in [4.78, 5) is 27.0. The van der Waals surface area contributed by atoms with Gasteiger partial charge in [-0.1, -0.05) is 6.08 Å². The number of carboxylic acids is 1. The van der Waals surface area contributed by atoms with E-state index in [1.54, 1.807) is 0 Å². The minimum absolute atomic E-state index is 0.163. The Kier molecular flexibility index (Phi) is 5.79. The second kappa shape index (κ2) is 7.59. The number of hydrogen-bond donors (Lipinski definition) is 1. The second-order valence-corrected chi connectivity index (χ2v) is 6.17. The summed E-state index contributed by atoms with van der Waals surface area (Å²) < 4.78 is 0. The van der Waals surface area contributed by atoms with Crippen molar-refractivity contribution in [2.45, 2.75) is 57.4 Å². The fourth-order valence-electron chi connectivity index (χ4n) is 2.86. The Hall–Kier alpha value is -1.36. The Morgan fingerprint density at radius 1 is 1.33 bits per heavy atom. The SMILES string of the molecule is CN(CCCC(=O)O)CC(=O)N(C1=CCCCC1)C1CC1. The zero-order valence-electron chi connectivity index (χ0n) is 12.9. The first-order valence-electron chi connectivity index (χ1n) is 7.99. The van der Waals surface area contributed by atoms with Crippen molar-refractivity contribution >= 4 is 11.9 Å². The first-order valence-corrected chi connectivity index (χ1v) is 7.99. The van der Waals surface area contributed by atoms with Crippen molar-refractivity contribution < 1.29 is 14.7 Å². The number of carbonyl (C=O) groups excluding carboxylic acids is 1. The number of likely N-dealkylation sites (N-methyl/N-ethyl adjacent to an activating group) is 1. The molecule has 5 heteroatoms. The van der Waals surface area contributed by atoms with E-state index in [1.807, 2.05) is 16.8 Å². The molecule has 5 nitrogen and oxygen atoms in total. The van der Waals surface area contributed by atoms with E-state index in [0.29, 0.717) is 25.6 Å². The minimum Gasteiger partial charge on any atom is -0.481 e. The number of carboxylic acid groups (broad SMARTS) is 1. The molecule has 0 aromatic heterocycles. The van der Waals surface area contributed by atoms with Crippen LogP contribution in [0.25, 0.3) is 0 Å². The quantitative estimate of drug-likeness (QED) is 0.746. The van der Waals surface area contributed by atoms with Crippen LogP contribution >= 0.6 is 0 Å². The third-order valence-corrected chi connectivity index (χ3v) is 4.09. The van der Waals surface area contributed by atoms with Crippen LogP contribution in [0.2, 0.25) is 0 Å². The van der Waals surface area contributed by atoms with Crippen LogP contribution in [0, 0.1) is 0 Å². The fraction of sp³-hybridized carbons (Fsp3) is 0.750. The summed E-state index contributed by atoms with van der Waals surface area (Å²) in [6.07, 6.45) is 9.72. The van der Waals surface area contributed by atoms with Gasteiger partial charge in [0.15, 0.2) is 0 Å². The van der Waals surface area contributed by atoms with Crippen LogP contribution in [0.15, 0.2) is 11.8 Å². The molecule has 0 spiro atoms. The summed E-state index contributed by atoms with van der Waals surface area (Å²) in [7, 11) is 1.89. The van der Waals surface area contributed by atoms with Crippen LogP contribution in [-0.4, -0.2) is 53.0 Å². The van der Waals surface area contributed by atoms with Crippen LogP contribution in [0.4, 0.5) is 0 Å². The molecule has 0 unspecified atom stereocenters. The average Bonchev–Trinajstić information content (AvgIpc) is 3.24. The van der Waals surface area contributed by atoms with Gasteiger partial charge in [0.05, 0.1) is 6.54 Å². The molecule has 118 valence electrons. The Balaban J connectivity index is 1.84. The highest BCUT2D eigenvalue weighted by molar-refractivity contribution is 5.80. The molecule has 0 atom stereocenters. The smallest absolute Gasteiger partial charge is 0.303 e. The van der Waals surface area contributed by atoms with E-state index < -0.39 is 5.97 Å². The number of carbonyl (C=O) groups is 2. The monoisotopic (exact) mass is 294 g/mol. The summed E-state index contributed by atoms with van der Waals surface area (Å²) in [6, 6.07) is 0.411. The molecule has 21 heavy (non-hydrogen) atoms. The molecule has 0 saturated heterocycles. The minimum atomic E-state index is -0.776. The third-order valence-electron chi connectivity index (χ3n) is 4.09. The lowest BCUT2D eigenvalue weighted by molar-refractivity contribution is -0.137. The molecule has 1 fully saturated rings. The zero-order chi connectivity index (χ0) is 15.2. The van der Waals surface area contributed by atoms with Crippen molar-refractivity contribution in [3.63, 3.8) is 0 Å². The third kappa shape index (κ3) is 5.16. The van der Waals surface area contributed by atoms with Gasteiger partial charge in [-0.2, -0.15) is 0 Å². The van der Waals surface area contributed by atoms with Gasteiger partial charge in [-0.05, 0) is 58.5 Å². The molecule has 0 aliphatic heterocycles. The van der Waals surface area contributed by atoms with Crippen molar-refractivity contribution in [3.05, 3.63) is 11.8 Å². The van der Waals surface area contributed by atoms with Gasteiger partial charge in [-0.25, -0.2) is 0 Å². The topological polar surface area (TPSA) is 60.9 Å². The van der Waals surface area contributed by atoms with E-state index in [4.69, 9.17) is 5.11 Å².